The van der Waals surface area contributed by atoms with Gasteiger partial charge in [0.15, 0.2) is 0 Å². The predicted octanol–water partition coefficient (Wildman–Crippen LogP) is 3.00. The highest BCUT2D eigenvalue weighted by Gasteiger charge is 2.51. The van der Waals surface area contributed by atoms with E-state index in [4.69, 9.17) is 9.31 Å². The maximum atomic E-state index is 14.6. The number of halogens is 1. The minimum absolute atomic E-state index is 0.120. The molecule has 0 bridgehead atoms. The number of nitrogens with zero attached hydrogens (tertiary/aromatic N) is 1. The van der Waals surface area contributed by atoms with Crippen LogP contribution in [0.25, 0.3) is 0 Å². The van der Waals surface area contributed by atoms with Gasteiger partial charge in [-0.2, -0.15) is 0 Å². The summed E-state index contributed by atoms with van der Waals surface area (Å²) in [6, 6.07) is 4.64. The number of amides is 1. The van der Waals surface area contributed by atoms with Crippen LogP contribution in [-0.4, -0.2) is 42.2 Å². The lowest BCUT2D eigenvalue weighted by molar-refractivity contribution is 0.00578. The Morgan fingerprint density at radius 3 is 2.44 bits per heavy atom. The number of benzene rings is 1. The molecule has 0 spiro atoms. The highest BCUT2D eigenvalue weighted by Crippen LogP contribution is 2.36. The van der Waals surface area contributed by atoms with Gasteiger partial charge >= 0.3 is 7.12 Å². The Hall–Kier alpha value is -1.40. The van der Waals surface area contributed by atoms with Crippen LogP contribution in [0.5, 0.6) is 0 Å². The maximum absolute atomic E-state index is 14.6. The number of hydrogen-bond donors (Lipinski definition) is 0. The Morgan fingerprint density at radius 1 is 1.24 bits per heavy atom. The van der Waals surface area contributed by atoms with Gasteiger partial charge < -0.3 is 14.2 Å². The monoisotopic (exact) mass is 347 g/mol. The second kappa shape index (κ2) is 6.40. The van der Waals surface area contributed by atoms with E-state index in [9.17, 15) is 9.18 Å². The van der Waals surface area contributed by atoms with E-state index in [1.54, 1.807) is 17.0 Å². The summed E-state index contributed by atoms with van der Waals surface area (Å²) in [5.41, 5.74) is -0.242. The maximum Gasteiger partial charge on any atom is 0.494 e. The lowest BCUT2D eigenvalue weighted by atomic mass is 9.78. The molecule has 136 valence electrons. The van der Waals surface area contributed by atoms with Gasteiger partial charge in [0.1, 0.15) is 5.82 Å². The Bertz CT molecular complexity index is 661. The molecule has 1 amide bonds. The molecule has 2 aliphatic heterocycles. The first-order valence-corrected chi connectivity index (χ1v) is 9.05. The normalized spacial score (nSPS) is 25.3. The molecule has 25 heavy (non-hydrogen) atoms. The van der Waals surface area contributed by atoms with E-state index in [-0.39, 0.29) is 11.5 Å². The van der Waals surface area contributed by atoms with Crippen LogP contribution in [0.1, 0.15) is 57.8 Å². The van der Waals surface area contributed by atoms with E-state index < -0.39 is 24.1 Å². The van der Waals surface area contributed by atoms with E-state index in [0.29, 0.717) is 24.5 Å². The summed E-state index contributed by atoms with van der Waals surface area (Å²) in [4.78, 5) is 14.4. The quantitative estimate of drug-likeness (QED) is 0.772. The molecule has 6 heteroatoms. The fourth-order valence-corrected chi connectivity index (χ4v) is 3.37. The van der Waals surface area contributed by atoms with Crippen LogP contribution >= 0.6 is 0 Å². The van der Waals surface area contributed by atoms with E-state index in [1.807, 2.05) is 27.7 Å². The van der Waals surface area contributed by atoms with Gasteiger partial charge in [-0.15, -0.1) is 0 Å². The van der Waals surface area contributed by atoms with Crippen molar-refractivity contribution < 1.29 is 18.5 Å². The zero-order valence-corrected chi connectivity index (χ0v) is 15.8. The standard InChI is InChI=1S/C19H27BFNO3/c1-13-7-6-10-22(12-13)17(23)15-9-8-14(11-16(15)21)20-24-18(2,3)19(4,5)25-20/h8-9,11,13H,6-7,10,12H2,1-5H3. The molecular weight excluding hydrogens is 320 g/mol. The first kappa shape index (κ1) is 18.4. The van der Waals surface area contributed by atoms with Crippen LogP contribution in [-0.2, 0) is 9.31 Å². The molecule has 0 aliphatic carbocycles. The van der Waals surface area contributed by atoms with Gasteiger partial charge in [0.25, 0.3) is 5.91 Å². The van der Waals surface area contributed by atoms with Crippen LogP contribution < -0.4 is 5.46 Å². The van der Waals surface area contributed by atoms with Crippen molar-refractivity contribution in [3.63, 3.8) is 0 Å². The second-order valence-electron chi connectivity index (χ2n) is 8.33. The molecule has 0 saturated carbocycles. The van der Waals surface area contributed by atoms with Crippen LogP contribution in [0, 0.1) is 11.7 Å². The average Bonchev–Trinajstić information content (AvgIpc) is 2.75. The zero-order valence-electron chi connectivity index (χ0n) is 15.8. The van der Waals surface area contributed by atoms with Gasteiger partial charge in [0.2, 0.25) is 0 Å². The number of piperidine rings is 1. The van der Waals surface area contributed by atoms with Crippen LogP contribution in [0.4, 0.5) is 4.39 Å². The van der Waals surface area contributed by atoms with Crippen molar-refractivity contribution in [3.05, 3.63) is 29.6 Å². The molecule has 0 N–H and O–H groups in total. The summed E-state index contributed by atoms with van der Waals surface area (Å²) in [6.45, 7) is 11.3. The van der Waals surface area contributed by atoms with Crippen LogP contribution in [0.2, 0.25) is 0 Å². The first-order chi connectivity index (χ1) is 11.6. The zero-order chi connectivity index (χ0) is 18.4. The smallest absolute Gasteiger partial charge is 0.399 e. The van der Waals surface area contributed by atoms with Crippen molar-refractivity contribution in [2.24, 2.45) is 5.92 Å². The van der Waals surface area contributed by atoms with Gasteiger partial charge in [-0.05, 0) is 64.1 Å². The molecule has 2 saturated heterocycles. The fraction of sp³-hybridized carbons (Fsp3) is 0.632. The molecule has 1 unspecified atom stereocenters. The molecule has 4 nitrogen and oxygen atoms in total. The van der Waals surface area contributed by atoms with Gasteiger partial charge in [-0.25, -0.2) is 4.39 Å². The first-order valence-electron chi connectivity index (χ1n) is 9.05. The van der Waals surface area contributed by atoms with Gasteiger partial charge in [-0.1, -0.05) is 13.0 Å². The van der Waals surface area contributed by atoms with Crippen molar-refractivity contribution in [2.75, 3.05) is 13.1 Å². The Balaban J connectivity index is 1.79. The highest BCUT2D eigenvalue weighted by atomic mass is 19.1. The lowest BCUT2D eigenvalue weighted by Crippen LogP contribution is -2.41. The third-order valence-corrected chi connectivity index (χ3v) is 5.69. The summed E-state index contributed by atoms with van der Waals surface area (Å²) in [7, 11) is -0.626. The van der Waals surface area contributed by atoms with Crippen molar-refractivity contribution in [1.29, 1.82) is 0 Å². The number of carbonyl (C=O) groups excluding carboxylic acids is 1. The van der Waals surface area contributed by atoms with Gasteiger partial charge in [0.05, 0.1) is 16.8 Å². The number of carbonyl (C=O) groups is 1. The van der Waals surface area contributed by atoms with Crippen molar-refractivity contribution in [3.8, 4) is 0 Å². The molecule has 0 radical (unpaired) electrons. The SMILES string of the molecule is CC1CCCN(C(=O)c2ccc(B3OC(C)(C)C(C)(C)O3)cc2F)C1. The molecule has 1 atom stereocenters. The van der Waals surface area contributed by atoms with E-state index in [0.717, 1.165) is 12.8 Å². The second-order valence-corrected chi connectivity index (χ2v) is 8.33. The largest absolute Gasteiger partial charge is 0.494 e. The van der Waals surface area contributed by atoms with E-state index in [2.05, 4.69) is 6.92 Å². The number of likely N-dealkylation sites (tertiary alicyclic amines) is 1. The number of hydrogen-bond acceptors (Lipinski definition) is 3. The van der Waals surface area contributed by atoms with E-state index in [1.165, 1.54) is 6.07 Å². The van der Waals surface area contributed by atoms with Crippen LogP contribution in [0.15, 0.2) is 18.2 Å². The summed E-state index contributed by atoms with van der Waals surface area (Å²) in [5.74, 6) is -0.287. The third kappa shape index (κ3) is 3.47. The van der Waals surface area contributed by atoms with Crippen molar-refractivity contribution >= 4 is 18.5 Å². The summed E-state index contributed by atoms with van der Waals surface area (Å²) < 4.78 is 26.5. The molecule has 2 fully saturated rings. The predicted molar refractivity (Wildman–Crippen MR) is 96.4 cm³/mol. The molecular formula is C19H27BFNO3. The molecule has 2 aliphatic rings. The average molecular weight is 347 g/mol. The van der Waals surface area contributed by atoms with E-state index >= 15 is 0 Å². The topological polar surface area (TPSA) is 38.8 Å². The van der Waals surface area contributed by atoms with Crippen LogP contribution in [0.3, 0.4) is 0 Å². The van der Waals surface area contributed by atoms with Gasteiger partial charge in [-0.3, -0.25) is 4.79 Å². The highest BCUT2D eigenvalue weighted by molar-refractivity contribution is 6.62. The molecule has 1 aromatic carbocycles. The summed E-state index contributed by atoms with van der Waals surface area (Å²) in [5, 5.41) is 0. The Kier molecular flexibility index (Phi) is 4.71. The number of rotatable bonds is 2. The third-order valence-electron chi connectivity index (χ3n) is 5.69. The van der Waals surface area contributed by atoms with Crippen molar-refractivity contribution in [1.82, 2.24) is 4.90 Å². The van der Waals surface area contributed by atoms with Crippen molar-refractivity contribution in [2.45, 2.75) is 58.7 Å². The Labute approximate surface area is 149 Å². The van der Waals surface area contributed by atoms with Gasteiger partial charge in [0, 0.05) is 13.1 Å². The summed E-state index contributed by atoms with van der Waals surface area (Å²) in [6.07, 6.45) is 2.09. The lowest BCUT2D eigenvalue weighted by Gasteiger charge is -2.32. The minimum atomic E-state index is -0.626. The Morgan fingerprint density at radius 2 is 1.88 bits per heavy atom. The fourth-order valence-electron chi connectivity index (χ4n) is 3.37. The summed E-state index contributed by atoms with van der Waals surface area (Å²) >= 11 is 0. The molecule has 3 rings (SSSR count). The minimum Gasteiger partial charge on any atom is -0.399 e. The molecule has 1 aromatic rings. The molecule has 2 heterocycles. The molecule has 0 aromatic heterocycles.